The van der Waals surface area contributed by atoms with Crippen molar-refractivity contribution in [3.8, 4) is 5.88 Å². The molecule has 1 saturated carbocycles. The van der Waals surface area contributed by atoms with Crippen LogP contribution < -0.4 is 26.6 Å². The molecule has 184 valence electrons. The molecule has 0 radical (unpaired) electrons. The van der Waals surface area contributed by atoms with E-state index in [9.17, 15) is 24.6 Å². The topological polar surface area (TPSA) is 140 Å². The van der Waals surface area contributed by atoms with Crippen molar-refractivity contribution in [2.75, 3.05) is 6.54 Å². The maximum Gasteiger partial charge on any atom is 0.262 e. The summed E-state index contributed by atoms with van der Waals surface area (Å²) in [6.45, 7) is 0.262. The van der Waals surface area contributed by atoms with Crippen molar-refractivity contribution in [1.29, 1.82) is 0 Å². The predicted octanol–water partition coefficient (Wildman–Crippen LogP) is 0.978. The molecule has 2 aliphatic rings. The van der Waals surface area contributed by atoms with Crippen LogP contribution in [0.1, 0.15) is 63.0 Å². The summed E-state index contributed by atoms with van der Waals surface area (Å²) in [4.78, 5) is 42.6. The molecule has 4 rings (SSSR count). The van der Waals surface area contributed by atoms with Gasteiger partial charge in [-0.1, -0.05) is 37.5 Å². The van der Waals surface area contributed by atoms with Gasteiger partial charge in [0.05, 0.1) is 11.1 Å². The SMILES string of the molecule is O=C([O-])CCC(=O)NCCC1=c2ccccc2=N/C1=C\c1c(O)n(C2CCCCC2)c(=S)[nH]c1=O. The van der Waals surface area contributed by atoms with Crippen molar-refractivity contribution in [2.24, 2.45) is 4.99 Å². The highest BCUT2D eigenvalue weighted by atomic mass is 32.1. The molecule has 10 heteroatoms. The van der Waals surface area contributed by atoms with Crippen molar-refractivity contribution in [1.82, 2.24) is 14.9 Å². The molecular weight excluding hydrogens is 468 g/mol. The first-order valence-electron chi connectivity index (χ1n) is 11.8. The maximum atomic E-state index is 12.8. The Balaban J connectivity index is 1.66. The number of carbonyl (C=O) groups excluding carboxylic acids is 2. The molecule has 2 aromatic rings. The number of amides is 1. The second-order valence-corrected chi connectivity index (χ2v) is 9.15. The number of carboxylic acid groups (broad SMARTS) is 1. The first-order chi connectivity index (χ1) is 16.8. The van der Waals surface area contributed by atoms with Crippen LogP contribution in [-0.4, -0.2) is 33.1 Å². The second kappa shape index (κ2) is 10.8. The third-order valence-corrected chi connectivity index (χ3v) is 6.71. The number of allylic oxidation sites excluding steroid dienone is 1. The molecule has 0 spiro atoms. The van der Waals surface area contributed by atoms with Crippen LogP contribution in [0.2, 0.25) is 0 Å². The van der Waals surface area contributed by atoms with Gasteiger partial charge in [0, 0.05) is 30.2 Å². The average molecular weight is 496 g/mol. The Morgan fingerprint density at radius 2 is 1.97 bits per heavy atom. The Kier molecular flexibility index (Phi) is 7.60. The van der Waals surface area contributed by atoms with Crippen molar-refractivity contribution in [3.05, 3.63) is 61.2 Å². The number of aromatic nitrogens is 2. The summed E-state index contributed by atoms with van der Waals surface area (Å²) in [5, 5.41) is 26.0. The Morgan fingerprint density at radius 1 is 1.23 bits per heavy atom. The highest BCUT2D eigenvalue weighted by Gasteiger charge is 2.22. The summed E-state index contributed by atoms with van der Waals surface area (Å²) in [6.07, 6.45) is 6.47. The standard InChI is InChI=1S/C25H28N4O5S/c30-21(10-11-22(31)32)26-13-12-17-16-8-4-5-9-19(16)27-20(17)14-18-23(33)28-25(35)29(24(18)34)15-6-2-1-3-7-15/h4-5,8-9,14-15,34H,1-3,6-7,10-13H2,(H,26,30)(H,31,32)(H,28,33,35)/p-1/b20-14-. The van der Waals surface area contributed by atoms with Crippen molar-refractivity contribution in [2.45, 2.75) is 57.4 Å². The third-order valence-electron chi connectivity index (χ3n) is 6.41. The van der Waals surface area contributed by atoms with Crippen molar-refractivity contribution in [3.63, 3.8) is 0 Å². The molecule has 1 fully saturated rings. The third kappa shape index (κ3) is 5.59. The van der Waals surface area contributed by atoms with E-state index in [1.54, 1.807) is 10.6 Å². The molecule has 0 atom stereocenters. The first kappa shape index (κ1) is 24.6. The minimum absolute atomic E-state index is 0.0302. The van der Waals surface area contributed by atoms with Crippen LogP contribution in [0.15, 0.2) is 39.7 Å². The first-order valence-corrected chi connectivity index (χ1v) is 12.2. The van der Waals surface area contributed by atoms with Crippen LogP contribution in [0, 0.1) is 4.77 Å². The highest BCUT2D eigenvalue weighted by molar-refractivity contribution is 7.71. The zero-order chi connectivity index (χ0) is 24.9. The fraction of sp³-hybridized carbons (Fsp3) is 0.400. The lowest BCUT2D eigenvalue weighted by Gasteiger charge is -2.25. The number of hydrogen-bond acceptors (Lipinski definition) is 7. The fourth-order valence-electron chi connectivity index (χ4n) is 4.67. The zero-order valence-corrected chi connectivity index (χ0v) is 20.0. The highest BCUT2D eigenvalue weighted by Crippen LogP contribution is 2.33. The van der Waals surface area contributed by atoms with E-state index in [1.165, 1.54) is 0 Å². The number of hydrogen-bond donors (Lipinski definition) is 3. The van der Waals surface area contributed by atoms with Gasteiger partial charge in [0.1, 0.15) is 5.56 Å². The molecule has 2 heterocycles. The Labute approximate surface area is 206 Å². The minimum atomic E-state index is -1.27. The van der Waals surface area contributed by atoms with E-state index in [4.69, 9.17) is 12.2 Å². The predicted molar refractivity (Wildman–Crippen MR) is 130 cm³/mol. The summed E-state index contributed by atoms with van der Waals surface area (Å²) >= 11 is 5.37. The molecule has 0 bridgehead atoms. The lowest BCUT2D eigenvalue weighted by atomic mass is 9.95. The number of carbonyl (C=O) groups is 2. The largest absolute Gasteiger partial charge is 0.550 e. The molecule has 1 aliphatic heterocycles. The number of rotatable bonds is 8. The van der Waals surface area contributed by atoms with Gasteiger partial charge in [-0.05, 0) is 55.6 Å². The zero-order valence-electron chi connectivity index (χ0n) is 19.2. The van der Waals surface area contributed by atoms with E-state index >= 15 is 0 Å². The number of fused-ring (bicyclic) bond motifs is 1. The van der Waals surface area contributed by atoms with Crippen LogP contribution in [-0.2, 0) is 9.59 Å². The quantitative estimate of drug-likeness (QED) is 0.467. The normalized spacial score (nSPS) is 16.7. The van der Waals surface area contributed by atoms with E-state index in [-0.39, 0.29) is 47.5 Å². The summed E-state index contributed by atoms with van der Waals surface area (Å²) in [5.41, 5.74) is 0.925. The Hall–Kier alpha value is -3.53. The number of aromatic hydroxyl groups is 1. The van der Waals surface area contributed by atoms with Gasteiger partial charge < -0.3 is 20.3 Å². The molecule has 9 nitrogen and oxygen atoms in total. The Morgan fingerprint density at radius 3 is 2.71 bits per heavy atom. The molecule has 1 aromatic heterocycles. The number of aliphatic carboxylic acids is 1. The summed E-state index contributed by atoms with van der Waals surface area (Å²) in [6, 6.07) is 7.53. The van der Waals surface area contributed by atoms with Gasteiger partial charge >= 0.3 is 0 Å². The van der Waals surface area contributed by atoms with Crippen LogP contribution >= 0.6 is 12.2 Å². The van der Waals surface area contributed by atoms with Gasteiger partial charge in [-0.2, -0.15) is 0 Å². The number of aromatic amines is 1. The van der Waals surface area contributed by atoms with Gasteiger partial charge in [-0.25, -0.2) is 4.99 Å². The number of H-pyrrole nitrogens is 1. The molecule has 1 aliphatic carbocycles. The molecular formula is C25H27N4O5S-. The van der Waals surface area contributed by atoms with Crippen LogP contribution in [0.5, 0.6) is 5.88 Å². The molecule has 1 aromatic carbocycles. The lowest BCUT2D eigenvalue weighted by Crippen LogP contribution is -2.29. The van der Waals surface area contributed by atoms with E-state index in [0.29, 0.717) is 12.1 Å². The molecule has 1 amide bonds. The van der Waals surface area contributed by atoms with Gasteiger partial charge in [0.2, 0.25) is 11.8 Å². The molecule has 0 unspecified atom stereocenters. The summed E-state index contributed by atoms with van der Waals surface area (Å²) in [7, 11) is 0. The molecule has 35 heavy (non-hydrogen) atoms. The minimum Gasteiger partial charge on any atom is -0.550 e. The smallest absolute Gasteiger partial charge is 0.262 e. The maximum absolute atomic E-state index is 12.8. The van der Waals surface area contributed by atoms with Gasteiger partial charge in [0.15, 0.2) is 4.77 Å². The van der Waals surface area contributed by atoms with Crippen LogP contribution in [0.4, 0.5) is 0 Å². The number of nitrogens with one attached hydrogen (secondary N) is 2. The van der Waals surface area contributed by atoms with Crippen molar-refractivity contribution < 1.29 is 19.8 Å². The second-order valence-electron chi connectivity index (χ2n) is 8.77. The van der Waals surface area contributed by atoms with Gasteiger partial charge in [-0.3, -0.25) is 19.1 Å². The summed E-state index contributed by atoms with van der Waals surface area (Å²) < 4.78 is 1.85. The van der Waals surface area contributed by atoms with Gasteiger partial charge in [-0.15, -0.1) is 0 Å². The van der Waals surface area contributed by atoms with E-state index in [2.05, 4.69) is 15.3 Å². The fourth-order valence-corrected chi connectivity index (χ4v) is 5.00. The van der Waals surface area contributed by atoms with E-state index < -0.39 is 11.5 Å². The van der Waals surface area contributed by atoms with Crippen molar-refractivity contribution >= 4 is 35.7 Å². The number of nitrogens with zero attached hydrogens (tertiary/aromatic N) is 2. The summed E-state index contributed by atoms with van der Waals surface area (Å²) in [5.74, 6) is -1.82. The number of para-hydroxylation sites is 1. The molecule has 3 N–H and O–H groups in total. The number of benzene rings is 1. The number of carboxylic acids is 1. The lowest BCUT2D eigenvalue weighted by molar-refractivity contribution is -0.305. The molecule has 0 saturated heterocycles. The average Bonchev–Trinajstić information content (AvgIpc) is 3.18. The van der Waals surface area contributed by atoms with E-state index in [0.717, 1.165) is 48.3 Å². The van der Waals surface area contributed by atoms with Crippen LogP contribution in [0.25, 0.3) is 11.6 Å². The Bertz CT molecular complexity index is 1420. The van der Waals surface area contributed by atoms with Crippen LogP contribution in [0.3, 0.4) is 0 Å². The monoisotopic (exact) mass is 495 g/mol. The van der Waals surface area contributed by atoms with Gasteiger partial charge in [0.25, 0.3) is 5.56 Å². The van der Waals surface area contributed by atoms with E-state index in [1.807, 2.05) is 24.3 Å².